The first-order chi connectivity index (χ1) is 9.31. The van der Waals surface area contributed by atoms with E-state index in [1.165, 1.54) is 11.1 Å². The lowest BCUT2D eigenvalue weighted by Crippen LogP contribution is -2.02. The Labute approximate surface area is 112 Å². The summed E-state index contributed by atoms with van der Waals surface area (Å²) in [7, 11) is 0. The maximum absolute atomic E-state index is 9.58. The third-order valence-electron chi connectivity index (χ3n) is 3.70. The molecule has 19 heavy (non-hydrogen) atoms. The molecule has 0 fully saturated rings. The number of para-hydroxylation sites is 1. The zero-order valence-electron chi connectivity index (χ0n) is 11.0. The second-order valence-electron chi connectivity index (χ2n) is 4.81. The van der Waals surface area contributed by atoms with Crippen molar-refractivity contribution >= 4 is 10.9 Å². The van der Waals surface area contributed by atoms with E-state index in [1.54, 1.807) is 0 Å². The first-order valence-electron chi connectivity index (χ1n) is 6.52. The Kier molecular flexibility index (Phi) is 3.10. The molecule has 0 saturated carbocycles. The van der Waals surface area contributed by atoms with Gasteiger partial charge in [-0.05, 0) is 18.6 Å². The largest absolute Gasteiger partial charge is 0.392 e. The Morgan fingerprint density at radius 2 is 1.63 bits per heavy atom. The van der Waals surface area contributed by atoms with Crippen molar-refractivity contribution in [3.8, 4) is 0 Å². The maximum atomic E-state index is 9.58. The number of aromatic nitrogens is 1. The van der Waals surface area contributed by atoms with E-state index in [-0.39, 0.29) is 6.61 Å². The fourth-order valence-electron chi connectivity index (χ4n) is 2.67. The summed E-state index contributed by atoms with van der Waals surface area (Å²) >= 11 is 0. The number of aliphatic hydroxyl groups excluding tert-OH is 1. The number of fused-ring (bicyclic) bond motifs is 1. The van der Waals surface area contributed by atoms with E-state index >= 15 is 0 Å². The highest BCUT2D eigenvalue weighted by molar-refractivity contribution is 5.85. The maximum Gasteiger partial charge on any atom is 0.0705 e. The summed E-state index contributed by atoms with van der Waals surface area (Å²) in [6, 6.07) is 18.7. The van der Waals surface area contributed by atoms with Crippen molar-refractivity contribution in [1.82, 2.24) is 4.57 Å². The second-order valence-corrected chi connectivity index (χ2v) is 4.81. The van der Waals surface area contributed by atoms with Crippen molar-refractivity contribution in [3.05, 3.63) is 71.4 Å². The van der Waals surface area contributed by atoms with Crippen molar-refractivity contribution in [2.45, 2.75) is 20.1 Å². The fraction of sp³-hybridized carbons (Fsp3) is 0.176. The third-order valence-corrected chi connectivity index (χ3v) is 3.70. The van der Waals surface area contributed by atoms with Gasteiger partial charge in [0.05, 0.1) is 6.61 Å². The van der Waals surface area contributed by atoms with Crippen LogP contribution >= 0.6 is 0 Å². The minimum absolute atomic E-state index is 0.0914. The van der Waals surface area contributed by atoms with Gasteiger partial charge in [-0.1, -0.05) is 48.5 Å². The molecule has 2 heteroatoms. The molecule has 3 rings (SSSR count). The fourth-order valence-corrected chi connectivity index (χ4v) is 2.67. The summed E-state index contributed by atoms with van der Waals surface area (Å²) in [5.74, 6) is 0. The van der Waals surface area contributed by atoms with Crippen LogP contribution in [0.25, 0.3) is 10.9 Å². The zero-order chi connectivity index (χ0) is 13.2. The number of hydrogen-bond acceptors (Lipinski definition) is 1. The Morgan fingerprint density at radius 3 is 2.37 bits per heavy atom. The first kappa shape index (κ1) is 12.0. The summed E-state index contributed by atoms with van der Waals surface area (Å²) in [6.45, 7) is 3.01. The van der Waals surface area contributed by atoms with Crippen LogP contribution in [0.2, 0.25) is 0 Å². The van der Waals surface area contributed by atoms with E-state index in [9.17, 15) is 5.11 Å². The van der Waals surface area contributed by atoms with Crippen LogP contribution < -0.4 is 0 Å². The molecule has 0 saturated heterocycles. The van der Waals surface area contributed by atoms with Gasteiger partial charge in [-0.2, -0.15) is 0 Å². The molecule has 2 aromatic carbocycles. The zero-order valence-corrected chi connectivity index (χ0v) is 11.0. The predicted molar refractivity (Wildman–Crippen MR) is 78.1 cm³/mol. The molecule has 0 unspecified atom stereocenters. The molecule has 0 aliphatic carbocycles. The first-order valence-corrected chi connectivity index (χ1v) is 6.52. The van der Waals surface area contributed by atoms with Crippen molar-refractivity contribution in [2.75, 3.05) is 0 Å². The van der Waals surface area contributed by atoms with Crippen LogP contribution in [0.15, 0.2) is 54.6 Å². The molecule has 96 valence electrons. The highest BCUT2D eigenvalue weighted by Crippen LogP contribution is 2.26. The van der Waals surface area contributed by atoms with Gasteiger partial charge in [-0.15, -0.1) is 0 Å². The molecule has 2 nitrogen and oxygen atoms in total. The van der Waals surface area contributed by atoms with E-state index in [0.29, 0.717) is 0 Å². The average Bonchev–Trinajstić information content (AvgIpc) is 2.73. The molecule has 0 bridgehead atoms. The molecule has 1 aromatic heterocycles. The highest BCUT2D eigenvalue weighted by atomic mass is 16.3. The van der Waals surface area contributed by atoms with Gasteiger partial charge < -0.3 is 9.67 Å². The Morgan fingerprint density at radius 1 is 0.947 bits per heavy atom. The van der Waals surface area contributed by atoms with E-state index in [2.05, 4.69) is 47.9 Å². The van der Waals surface area contributed by atoms with E-state index < -0.39 is 0 Å². The van der Waals surface area contributed by atoms with Gasteiger partial charge in [0.15, 0.2) is 0 Å². The van der Waals surface area contributed by atoms with Crippen molar-refractivity contribution in [2.24, 2.45) is 0 Å². The quantitative estimate of drug-likeness (QED) is 0.757. The lowest BCUT2D eigenvalue weighted by molar-refractivity contribution is 0.282. The molecular weight excluding hydrogens is 234 g/mol. The number of aliphatic hydroxyl groups is 1. The lowest BCUT2D eigenvalue weighted by atomic mass is 10.1. The van der Waals surface area contributed by atoms with Gasteiger partial charge in [-0.25, -0.2) is 0 Å². The van der Waals surface area contributed by atoms with Crippen LogP contribution in [-0.2, 0) is 13.2 Å². The van der Waals surface area contributed by atoms with Gasteiger partial charge in [0.25, 0.3) is 0 Å². The SMILES string of the molecule is Cc1c(CO)c2ccccc2n1Cc1ccccc1. The normalized spacial score (nSPS) is 11.1. The topological polar surface area (TPSA) is 25.2 Å². The van der Waals surface area contributed by atoms with Gasteiger partial charge in [-0.3, -0.25) is 0 Å². The van der Waals surface area contributed by atoms with Crippen LogP contribution in [-0.4, -0.2) is 9.67 Å². The summed E-state index contributed by atoms with van der Waals surface area (Å²) < 4.78 is 2.27. The van der Waals surface area contributed by atoms with Crippen molar-refractivity contribution in [3.63, 3.8) is 0 Å². The van der Waals surface area contributed by atoms with Crippen molar-refractivity contribution in [1.29, 1.82) is 0 Å². The number of rotatable bonds is 3. The molecule has 1 N–H and O–H groups in total. The van der Waals surface area contributed by atoms with Gasteiger partial charge in [0.1, 0.15) is 0 Å². The van der Waals surface area contributed by atoms with Crippen LogP contribution in [0, 0.1) is 6.92 Å². The second kappa shape index (κ2) is 4.90. The molecule has 1 heterocycles. The predicted octanol–water partition coefficient (Wildman–Crippen LogP) is 3.49. The van der Waals surface area contributed by atoms with Crippen LogP contribution in [0.4, 0.5) is 0 Å². The van der Waals surface area contributed by atoms with Crippen LogP contribution in [0.3, 0.4) is 0 Å². The van der Waals surface area contributed by atoms with Gasteiger partial charge in [0, 0.05) is 28.7 Å². The molecule has 0 aliphatic heterocycles. The molecule has 3 aromatic rings. The standard InChI is InChI=1S/C17H17NO/c1-13-16(12-19)15-9-5-6-10-17(15)18(13)11-14-7-3-2-4-8-14/h2-10,19H,11-12H2,1H3. The Hall–Kier alpha value is -2.06. The molecule has 0 radical (unpaired) electrons. The highest BCUT2D eigenvalue weighted by Gasteiger charge is 2.12. The minimum atomic E-state index is 0.0914. The van der Waals surface area contributed by atoms with E-state index in [0.717, 1.165) is 23.2 Å². The summed E-state index contributed by atoms with van der Waals surface area (Å²) in [5.41, 5.74) is 4.64. The van der Waals surface area contributed by atoms with Crippen molar-refractivity contribution < 1.29 is 5.11 Å². The van der Waals surface area contributed by atoms with Crippen LogP contribution in [0.1, 0.15) is 16.8 Å². The molecular formula is C17H17NO. The van der Waals surface area contributed by atoms with E-state index in [4.69, 9.17) is 0 Å². The summed E-state index contributed by atoms with van der Waals surface area (Å²) in [5, 5.41) is 10.7. The van der Waals surface area contributed by atoms with Gasteiger partial charge in [0.2, 0.25) is 0 Å². The lowest BCUT2D eigenvalue weighted by Gasteiger charge is -2.08. The monoisotopic (exact) mass is 251 g/mol. The number of nitrogens with zero attached hydrogens (tertiary/aromatic N) is 1. The molecule has 0 spiro atoms. The number of benzene rings is 2. The molecule has 0 amide bonds. The minimum Gasteiger partial charge on any atom is -0.392 e. The van der Waals surface area contributed by atoms with Gasteiger partial charge >= 0.3 is 0 Å². The smallest absolute Gasteiger partial charge is 0.0705 e. The molecule has 0 aliphatic rings. The van der Waals surface area contributed by atoms with Crippen LogP contribution in [0.5, 0.6) is 0 Å². The summed E-state index contributed by atoms with van der Waals surface area (Å²) in [6.07, 6.45) is 0. The Bertz CT molecular complexity index is 698. The number of hydrogen-bond donors (Lipinski definition) is 1. The summed E-state index contributed by atoms with van der Waals surface area (Å²) in [4.78, 5) is 0. The average molecular weight is 251 g/mol. The molecule has 0 atom stereocenters. The van der Waals surface area contributed by atoms with E-state index in [1.807, 2.05) is 18.2 Å². The third kappa shape index (κ3) is 2.04. The Balaban J connectivity index is 2.15.